The lowest BCUT2D eigenvalue weighted by Crippen LogP contribution is -2.08. The summed E-state index contributed by atoms with van der Waals surface area (Å²) in [5.41, 5.74) is 1.15. The lowest BCUT2D eigenvalue weighted by molar-refractivity contribution is 0.0696. The molecule has 1 aromatic carbocycles. The van der Waals surface area contributed by atoms with Gasteiger partial charge in [0, 0.05) is 6.61 Å². The average molecular weight is 264 g/mol. The quantitative estimate of drug-likeness (QED) is 0.802. The molecule has 2 rings (SSSR count). The number of ether oxygens (including phenoxy) is 2. The van der Waals surface area contributed by atoms with Crippen molar-refractivity contribution in [1.29, 1.82) is 0 Å². The Labute approximate surface area is 113 Å². The van der Waals surface area contributed by atoms with E-state index in [1.807, 2.05) is 6.92 Å². The van der Waals surface area contributed by atoms with Crippen molar-refractivity contribution >= 4 is 5.97 Å². The highest BCUT2D eigenvalue weighted by molar-refractivity contribution is 5.88. The Morgan fingerprint density at radius 1 is 1.53 bits per heavy atom. The van der Waals surface area contributed by atoms with E-state index in [-0.39, 0.29) is 0 Å². The van der Waals surface area contributed by atoms with Crippen molar-refractivity contribution < 1.29 is 19.4 Å². The first-order valence-corrected chi connectivity index (χ1v) is 6.75. The van der Waals surface area contributed by atoms with Gasteiger partial charge in [0.15, 0.2) is 0 Å². The standard InChI is InChI=1S/C15H20O4/c1-11-10-12(15(16)17)6-7-14(11)19-9-3-5-13-4-2-8-18-13/h6-7,10,13H,2-5,8-9H2,1H3,(H,16,17). The Kier molecular flexibility index (Phi) is 4.80. The summed E-state index contributed by atoms with van der Waals surface area (Å²) in [6.07, 6.45) is 4.73. The average Bonchev–Trinajstić information content (AvgIpc) is 2.89. The Bertz CT molecular complexity index is 436. The Morgan fingerprint density at radius 2 is 2.37 bits per heavy atom. The van der Waals surface area contributed by atoms with Gasteiger partial charge in [-0.3, -0.25) is 0 Å². The van der Waals surface area contributed by atoms with Crippen molar-refractivity contribution in [3.63, 3.8) is 0 Å². The molecule has 1 aliphatic rings. The van der Waals surface area contributed by atoms with Crippen LogP contribution >= 0.6 is 0 Å². The third-order valence-corrected chi connectivity index (χ3v) is 3.37. The van der Waals surface area contributed by atoms with Crippen LogP contribution in [0.25, 0.3) is 0 Å². The molecular weight excluding hydrogens is 244 g/mol. The van der Waals surface area contributed by atoms with Crippen molar-refractivity contribution in [3.8, 4) is 5.75 Å². The first kappa shape index (κ1) is 13.9. The van der Waals surface area contributed by atoms with Crippen molar-refractivity contribution in [1.82, 2.24) is 0 Å². The molecule has 1 heterocycles. The van der Waals surface area contributed by atoms with Gasteiger partial charge in [0.25, 0.3) is 0 Å². The molecule has 104 valence electrons. The van der Waals surface area contributed by atoms with E-state index in [0.29, 0.717) is 18.3 Å². The highest BCUT2D eigenvalue weighted by atomic mass is 16.5. The summed E-state index contributed by atoms with van der Waals surface area (Å²) in [6, 6.07) is 4.94. The third kappa shape index (κ3) is 3.96. The van der Waals surface area contributed by atoms with Crippen molar-refractivity contribution in [2.45, 2.75) is 38.7 Å². The summed E-state index contributed by atoms with van der Waals surface area (Å²) >= 11 is 0. The van der Waals surface area contributed by atoms with Crippen LogP contribution in [0, 0.1) is 6.92 Å². The lowest BCUT2D eigenvalue weighted by atomic mass is 10.1. The minimum absolute atomic E-state index is 0.296. The van der Waals surface area contributed by atoms with Gasteiger partial charge in [0.05, 0.1) is 18.3 Å². The van der Waals surface area contributed by atoms with E-state index in [9.17, 15) is 4.79 Å². The number of hydrogen-bond donors (Lipinski definition) is 1. The number of aromatic carboxylic acids is 1. The second-order valence-corrected chi connectivity index (χ2v) is 4.91. The number of hydrogen-bond acceptors (Lipinski definition) is 3. The first-order chi connectivity index (χ1) is 9.16. The van der Waals surface area contributed by atoms with Crippen LogP contribution in [-0.4, -0.2) is 30.4 Å². The van der Waals surface area contributed by atoms with E-state index in [0.717, 1.165) is 37.2 Å². The summed E-state index contributed by atoms with van der Waals surface area (Å²) in [7, 11) is 0. The van der Waals surface area contributed by atoms with Gasteiger partial charge in [-0.2, -0.15) is 0 Å². The number of rotatable bonds is 6. The molecule has 1 atom stereocenters. The zero-order chi connectivity index (χ0) is 13.7. The van der Waals surface area contributed by atoms with E-state index in [2.05, 4.69) is 0 Å². The fraction of sp³-hybridized carbons (Fsp3) is 0.533. The molecule has 19 heavy (non-hydrogen) atoms. The van der Waals surface area contributed by atoms with Crippen molar-refractivity contribution in [2.24, 2.45) is 0 Å². The van der Waals surface area contributed by atoms with Gasteiger partial charge in [-0.15, -0.1) is 0 Å². The van der Waals surface area contributed by atoms with Gasteiger partial charge in [-0.05, 0) is 56.4 Å². The van der Waals surface area contributed by atoms with E-state index >= 15 is 0 Å². The van der Waals surface area contributed by atoms with Gasteiger partial charge < -0.3 is 14.6 Å². The Balaban J connectivity index is 1.77. The predicted molar refractivity (Wildman–Crippen MR) is 71.8 cm³/mol. The monoisotopic (exact) mass is 264 g/mol. The molecule has 0 saturated carbocycles. The van der Waals surface area contributed by atoms with Crippen LogP contribution in [0.3, 0.4) is 0 Å². The van der Waals surface area contributed by atoms with Crippen LogP contribution in [0.5, 0.6) is 5.75 Å². The molecule has 0 bridgehead atoms. The second kappa shape index (κ2) is 6.57. The van der Waals surface area contributed by atoms with Crippen LogP contribution < -0.4 is 4.74 Å². The molecule has 4 heteroatoms. The molecular formula is C15H20O4. The molecule has 1 N–H and O–H groups in total. The molecule has 0 amide bonds. The fourth-order valence-corrected chi connectivity index (χ4v) is 2.31. The van der Waals surface area contributed by atoms with Crippen LogP contribution in [0.4, 0.5) is 0 Å². The van der Waals surface area contributed by atoms with E-state index in [4.69, 9.17) is 14.6 Å². The molecule has 0 radical (unpaired) electrons. The Hall–Kier alpha value is -1.55. The zero-order valence-electron chi connectivity index (χ0n) is 11.2. The van der Waals surface area contributed by atoms with E-state index < -0.39 is 5.97 Å². The summed E-state index contributed by atoms with van der Waals surface area (Å²) in [4.78, 5) is 10.8. The predicted octanol–water partition coefficient (Wildman–Crippen LogP) is 3.03. The van der Waals surface area contributed by atoms with Gasteiger partial charge >= 0.3 is 5.97 Å². The third-order valence-electron chi connectivity index (χ3n) is 3.37. The maximum Gasteiger partial charge on any atom is 0.335 e. The maximum atomic E-state index is 10.8. The minimum Gasteiger partial charge on any atom is -0.493 e. The number of carbonyl (C=O) groups is 1. The number of carboxylic acids is 1. The maximum absolute atomic E-state index is 10.8. The first-order valence-electron chi connectivity index (χ1n) is 6.75. The number of aryl methyl sites for hydroxylation is 1. The largest absolute Gasteiger partial charge is 0.493 e. The lowest BCUT2D eigenvalue weighted by Gasteiger charge is -2.11. The molecule has 1 saturated heterocycles. The summed E-state index contributed by atoms with van der Waals surface area (Å²) in [5, 5.41) is 8.88. The zero-order valence-corrected chi connectivity index (χ0v) is 11.2. The minimum atomic E-state index is -0.909. The Morgan fingerprint density at radius 3 is 3.00 bits per heavy atom. The molecule has 1 aliphatic heterocycles. The van der Waals surface area contributed by atoms with Crippen molar-refractivity contribution in [3.05, 3.63) is 29.3 Å². The molecule has 0 aliphatic carbocycles. The van der Waals surface area contributed by atoms with E-state index in [1.54, 1.807) is 18.2 Å². The summed E-state index contributed by atoms with van der Waals surface area (Å²) in [6.45, 7) is 3.40. The van der Waals surface area contributed by atoms with Crippen LogP contribution in [0.1, 0.15) is 41.6 Å². The summed E-state index contributed by atoms with van der Waals surface area (Å²) in [5.74, 6) is -0.148. The molecule has 1 fully saturated rings. The molecule has 0 spiro atoms. The van der Waals surface area contributed by atoms with Crippen LogP contribution in [0.15, 0.2) is 18.2 Å². The smallest absolute Gasteiger partial charge is 0.335 e. The van der Waals surface area contributed by atoms with Gasteiger partial charge in [0.2, 0.25) is 0 Å². The van der Waals surface area contributed by atoms with Gasteiger partial charge in [-0.1, -0.05) is 0 Å². The molecule has 1 aromatic rings. The normalized spacial score (nSPS) is 18.5. The molecule has 0 aromatic heterocycles. The number of carboxylic acid groups (broad SMARTS) is 1. The van der Waals surface area contributed by atoms with Crippen LogP contribution in [0.2, 0.25) is 0 Å². The number of benzene rings is 1. The highest BCUT2D eigenvalue weighted by Gasteiger charge is 2.14. The second-order valence-electron chi connectivity index (χ2n) is 4.91. The van der Waals surface area contributed by atoms with Gasteiger partial charge in [-0.25, -0.2) is 4.79 Å². The van der Waals surface area contributed by atoms with E-state index in [1.165, 1.54) is 6.42 Å². The highest BCUT2D eigenvalue weighted by Crippen LogP contribution is 2.21. The summed E-state index contributed by atoms with van der Waals surface area (Å²) < 4.78 is 11.2. The van der Waals surface area contributed by atoms with Crippen molar-refractivity contribution in [2.75, 3.05) is 13.2 Å². The topological polar surface area (TPSA) is 55.8 Å². The molecule has 1 unspecified atom stereocenters. The van der Waals surface area contributed by atoms with Gasteiger partial charge in [0.1, 0.15) is 5.75 Å². The van der Waals surface area contributed by atoms with Crippen LogP contribution in [-0.2, 0) is 4.74 Å². The SMILES string of the molecule is Cc1cc(C(=O)O)ccc1OCCCC1CCCO1. The molecule has 4 nitrogen and oxygen atoms in total. The fourth-order valence-electron chi connectivity index (χ4n) is 2.31.